The van der Waals surface area contributed by atoms with Gasteiger partial charge in [-0.3, -0.25) is 10.1 Å². The summed E-state index contributed by atoms with van der Waals surface area (Å²) in [6, 6.07) is -0.415. The van der Waals surface area contributed by atoms with E-state index in [1.54, 1.807) is 0 Å². The highest BCUT2D eigenvalue weighted by Gasteiger charge is 2.44. The van der Waals surface area contributed by atoms with E-state index in [4.69, 9.17) is 0 Å². The minimum atomic E-state index is -0.769. The highest BCUT2D eigenvalue weighted by atomic mass is 16.4. The molecule has 0 saturated heterocycles. The first-order valence-corrected chi connectivity index (χ1v) is 8.15. The van der Waals surface area contributed by atoms with E-state index in [-0.39, 0.29) is 12.0 Å². The molecule has 0 saturated carbocycles. The molecule has 1 atom stereocenters. The fraction of sp³-hybridized carbons (Fsp3) is 0.812. The van der Waals surface area contributed by atoms with Crippen LogP contribution in [0.1, 0.15) is 41.5 Å². The highest BCUT2D eigenvalue weighted by Crippen LogP contribution is 2.37. The summed E-state index contributed by atoms with van der Waals surface area (Å²) in [4.78, 5) is 16.1. The van der Waals surface area contributed by atoms with Crippen LogP contribution in [0.2, 0.25) is 0 Å². The predicted molar refractivity (Wildman–Crippen MR) is 86.1 cm³/mol. The fourth-order valence-electron chi connectivity index (χ4n) is 2.90. The molecule has 5 heteroatoms. The van der Waals surface area contributed by atoms with Crippen molar-refractivity contribution in [2.45, 2.75) is 53.6 Å². The molecule has 1 aliphatic rings. The second kappa shape index (κ2) is 7.69. The van der Waals surface area contributed by atoms with Crippen molar-refractivity contribution in [2.24, 2.45) is 5.92 Å². The van der Waals surface area contributed by atoms with Crippen LogP contribution in [0.15, 0.2) is 11.4 Å². The number of nitrogens with zero attached hydrogens (tertiary/aromatic N) is 2. The molecular weight excluding hydrogens is 266 g/mol. The Bertz CT molecular complexity index is 363. The van der Waals surface area contributed by atoms with Crippen molar-refractivity contribution in [3.05, 3.63) is 11.4 Å². The Morgan fingerprint density at radius 1 is 1.05 bits per heavy atom. The first-order valence-electron chi connectivity index (χ1n) is 8.15. The Balaban J connectivity index is 2.90. The van der Waals surface area contributed by atoms with Gasteiger partial charge in [-0.05, 0) is 33.6 Å². The molecule has 0 fully saturated rings. The van der Waals surface area contributed by atoms with Gasteiger partial charge in [-0.2, -0.15) is 0 Å². The van der Waals surface area contributed by atoms with Crippen LogP contribution in [0, 0.1) is 5.92 Å². The van der Waals surface area contributed by atoms with E-state index < -0.39 is 12.0 Å². The summed E-state index contributed by atoms with van der Waals surface area (Å²) in [5.41, 5.74) is 2.55. The van der Waals surface area contributed by atoms with Crippen LogP contribution in [-0.2, 0) is 4.79 Å². The highest BCUT2D eigenvalue weighted by molar-refractivity contribution is 5.74. The lowest BCUT2D eigenvalue weighted by Gasteiger charge is -2.23. The van der Waals surface area contributed by atoms with Gasteiger partial charge in [0, 0.05) is 26.2 Å². The number of carboxylic acid groups (broad SMARTS) is 1. The summed E-state index contributed by atoms with van der Waals surface area (Å²) in [6.07, 6.45) is 0. The summed E-state index contributed by atoms with van der Waals surface area (Å²) in [5, 5.41) is 12.7. The molecular formula is C16H31N3O2. The van der Waals surface area contributed by atoms with Crippen molar-refractivity contribution in [1.29, 1.82) is 0 Å². The van der Waals surface area contributed by atoms with E-state index in [9.17, 15) is 9.90 Å². The van der Waals surface area contributed by atoms with Crippen LogP contribution in [0.25, 0.3) is 0 Å². The topological polar surface area (TPSA) is 55.8 Å². The van der Waals surface area contributed by atoms with Gasteiger partial charge in [-0.25, -0.2) is 0 Å². The number of likely N-dealkylation sites (N-methyl/N-ethyl adjacent to an activating group) is 2. The van der Waals surface area contributed by atoms with Crippen molar-refractivity contribution < 1.29 is 9.90 Å². The Morgan fingerprint density at radius 2 is 1.43 bits per heavy atom. The van der Waals surface area contributed by atoms with Crippen LogP contribution in [-0.4, -0.2) is 59.1 Å². The number of rotatable bonds is 10. The normalized spacial score (nSPS) is 16.3. The maximum atomic E-state index is 11.4. The van der Waals surface area contributed by atoms with Crippen LogP contribution in [0.3, 0.4) is 0 Å². The predicted octanol–water partition coefficient (Wildman–Crippen LogP) is 1.96. The summed E-state index contributed by atoms with van der Waals surface area (Å²) < 4.78 is 0. The zero-order valence-electron chi connectivity index (χ0n) is 14.3. The molecule has 0 aromatic carbocycles. The van der Waals surface area contributed by atoms with E-state index >= 15 is 0 Å². The lowest BCUT2D eigenvalue weighted by molar-refractivity contribution is -0.140. The Kier molecular flexibility index (Phi) is 6.52. The number of hydrogen-bond donors (Lipinski definition) is 2. The first kappa shape index (κ1) is 17.8. The molecule has 1 rings (SSSR count). The molecule has 0 aliphatic heterocycles. The lowest BCUT2D eigenvalue weighted by Crippen LogP contribution is -2.45. The quantitative estimate of drug-likeness (QED) is 0.645. The van der Waals surface area contributed by atoms with Gasteiger partial charge in [-0.1, -0.05) is 13.8 Å². The van der Waals surface area contributed by atoms with Gasteiger partial charge in [0.25, 0.3) is 0 Å². The molecule has 0 aromatic heterocycles. The van der Waals surface area contributed by atoms with Gasteiger partial charge in [0.15, 0.2) is 0 Å². The molecule has 0 aromatic rings. The third-order valence-corrected chi connectivity index (χ3v) is 4.21. The molecule has 0 bridgehead atoms. The summed E-state index contributed by atoms with van der Waals surface area (Å²) in [7, 11) is 0. The van der Waals surface area contributed by atoms with Crippen molar-refractivity contribution >= 4 is 5.97 Å². The average Bonchev–Trinajstić information content (AvgIpc) is 3.12. The molecule has 0 amide bonds. The molecule has 0 radical (unpaired) electrons. The minimum Gasteiger partial charge on any atom is -0.480 e. The number of nitrogens with one attached hydrogen (secondary N) is 1. The van der Waals surface area contributed by atoms with Gasteiger partial charge in [0.1, 0.15) is 6.04 Å². The van der Waals surface area contributed by atoms with Gasteiger partial charge < -0.3 is 14.9 Å². The van der Waals surface area contributed by atoms with E-state index in [0.717, 1.165) is 26.2 Å². The smallest absolute Gasteiger partial charge is 0.320 e. The Morgan fingerprint density at radius 3 is 1.67 bits per heavy atom. The SMILES string of the molecule is CCN(CC)C1=C(N(CC)CC)C1N[C@H](C(=O)O)C(C)C. The number of carbonyl (C=O) groups is 1. The monoisotopic (exact) mass is 297 g/mol. The van der Waals surface area contributed by atoms with Gasteiger partial charge in [0.05, 0.1) is 17.4 Å². The molecule has 21 heavy (non-hydrogen) atoms. The molecule has 5 nitrogen and oxygen atoms in total. The van der Waals surface area contributed by atoms with Crippen LogP contribution in [0.4, 0.5) is 0 Å². The maximum Gasteiger partial charge on any atom is 0.320 e. The van der Waals surface area contributed by atoms with Crippen molar-refractivity contribution in [3.8, 4) is 0 Å². The zero-order chi connectivity index (χ0) is 16.2. The number of carboxylic acids is 1. The standard InChI is InChI=1S/C16H31N3O2/c1-7-18(8-2)14-13(15(14)19(9-3)10-4)17-12(11(5)6)16(20)21/h11-13,17H,7-10H2,1-6H3,(H,20,21)/t12-/m0/s1. The minimum absolute atomic E-state index is 0.0685. The van der Waals surface area contributed by atoms with E-state index in [1.807, 2.05) is 13.8 Å². The van der Waals surface area contributed by atoms with E-state index in [0.29, 0.717) is 0 Å². The number of hydrogen-bond acceptors (Lipinski definition) is 4. The Hall–Kier alpha value is -1.23. The van der Waals surface area contributed by atoms with Crippen LogP contribution >= 0.6 is 0 Å². The molecule has 1 aliphatic carbocycles. The van der Waals surface area contributed by atoms with Gasteiger partial charge >= 0.3 is 5.97 Å². The largest absolute Gasteiger partial charge is 0.480 e. The van der Waals surface area contributed by atoms with Crippen LogP contribution in [0.5, 0.6) is 0 Å². The lowest BCUT2D eigenvalue weighted by atomic mass is 10.0. The first-order chi connectivity index (χ1) is 9.92. The van der Waals surface area contributed by atoms with Gasteiger partial charge in [-0.15, -0.1) is 0 Å². The molecule has 0 heterocycles. The van der Waals surface area contributed by atoms with E-state index in [1.165, 1.54) is 11.4 Å². The molecule has 2 N–H and O–H groups in total. The maximum absolute atomic E-state index is 11.4. The van der Waals surface area contributed by atoms with E-state index in [2.05, 4.69) is 42.8 Å². The molecule has 122 valence electrons. The van der Waals surface area contributed by atoms with Crippen molar-refractivity contribution in [1.82, 2.24) is 15.1 Å². The summed E-state index contributed by atoms with van der Waals surface area (Å²) in [5.74, 6) is -0.700. The molecule has 0 unspecified atom stereocenters. The van der Waals surface area contributed by atoms with Gasteiger partial charge in [0.2, 0.25) is 0 Å². The third-order valence-electron chi connectivity index (χ3n) is 4.21. The average molecular weight is 297 g/mol. The Labute approximate surface area is 129 Å². The van der Waals surface area contributed by atoms with Crippen molar-refractivity contribution in [2.75, 3.05) is 26.2 Å². The fourth-order valence-corrected chi connectivity index (χ4v) is 2.90. The molecule has 0 spiro atoms. The summed E-state index contributed by atoms with van der Waals surface area (Å²) in [6.45, 7) is 16.3. The second-order valence-corrected chi connectivity index (χ2v) is 5.77. The second-order valence-electron chi connectivity index (χ2n) is 5.77. The zero-order valence-corrected chi connectivity index (χ0v) is 14.3. The summed E-state index contributed by atoms with van der Waals surface area (Å²) >= 11 is 0. The third kappa shape index (κ3) is 3.90. The van der Waals surface area contributed by atoms with Crippen molar-refractivity contribution in [3.63, 3.8) is 0 Å². The number of aliphatic carboxylic acids is 1. The van der Waals surface area contributed by atoms with Crippen LogP contribution < -0.4 is 5.32 Å².